The molecule has 0 spiro atoms. The maximum Gasteiger partial charge on any atom is 0.150 e. The Balaban J connectivity index is 2.40. The summed E-state index contributed by atoms with van der Waals surface area (Å²) in [6.07, 6.45) is 3.21. The lowest BCUT2D eigenvalue weighted by Crippen LogP contribution is -2.35. The van der Waals surface area contributed by atoms with Crippen molar-refractivity contribution in [2.24, 2.45) is 0 Å². The molecule has 2 nitrogen and oxygen atoms in total. The van der Waals surface area contributed by atoms with Gasteiger partial charge >= 0.3 is 0 Å². The third-order valence-corrected chi connectivity index (χ3v) is 3.02. The van der Waals surface area contributed by atoms with Crippen molar-refractivity contribution >= 4 is 12.0 Å². The van der Waals surface area contributed by atoms with Gasteiger partial charge in [-0.3, -0.25) is 4.79 Å². The lowest BCUT2D eigenvalue weighted by molar-refractivity contribution is 0.112. The molecule has 1 aromatic rings. The summed E-state index contributed by atoms with van der Waals surface area (Å²) in [7, 11) is 0. The number of aldehydes is 1. The van der Waals surface area contributed by atoms with Crippen LogP contribution in [-0.2, 0) is 6.42 Å². The molecule has 1 aliphatic heterocycles. The van der Waals surface area contributed by atoms with Crippen molar-refractivity contribution in [3.8, 4) is 0 Å². The molecule has 1 aliphatic rings. The summed E-state index contributed by atoms with van der Waals surface area (Å²) in [6.45, 7) is 5.55. The number of benzene rings is 1. The van der Waals surface area contributed by atoms with Crippen LogP contribution in [0.1, 0.15) is 36.2 Å². The van der Waals surface area contributed by atoms with Gasteiger partial charge in [0.2, 0.25) is 0 Å². The summed E-state index contributed by atoms with van der Waals surface area (Å²) in [5.74, 6) is 0. The van der Waals surface area contributed by atoms with Crippen LogP contribution >= 0.6 is 0 Å². The number of nitrogens with zero attached hydrogens (tertiary/aromatic N) is 1. The predicted molar refractivity (Wildman–Crippen MR) is 62.6 cm³/mol. The maximum atomic E-state index is 10.7. The lowest BCUT2D eigenvalue weighted by Gasteiger charge is -2.34. The molecule has 1 heterocycles. The molecule has 0 amide bonds. The van der Waals surface area contributed by atoms with E-state index in [0.29, 0.717) is 6.04 Å². The number of fused-ring (bicyclic) bond motifs is 1. The number of rotatable bonds is 2. The van der Waals surface area contributed by atoms with Crippen LogP contribution in [0.4, 0.5) is 5.69 Å². The SMILES string of the molecule is CC(C)N1CCCc2cc(C=O)ccc21. The van der Waals surface area contributed by atoms with Crippen molar-refractivity contribution in [2.45, 2.75) is 32.7 Å². The molecule has 80 valence electrons. The molecule has 1 aromatic carbocycles. The first-order valence-corrected chi connectivity index (χ1v) is 5.57. The smallest absolute Gasteiger partial charge is 0.150 e. The fourth-order valence-corrected chi connectivity index (χ4v) is 2.26. The zero-order valence-electron chi connectivity index (χ0n) is 9.36. The zero-order chi connectivity index (χ0) is 10.8. The second kappa shape index (κ2) is 4.05. The van der Waals surface area contributed by atoms with Crippen LogP contribution in [0.2, 0.25) is 0 Å². The molecule has 15 heavy (non-hydrogen) atoms. The highest BCUT2D eigenvalue weighted by molar-refractivity contribution is 5.77. The number of anilines is 1. The van der Waals surface area contributed by atoms with Crippen LogP contribution in [0.3, 0.4) is 0 Å². The van der Waals surface area contributed by atoms with Gasteiger partial charge in [0, 0.05) is 23.8 Å². The maximum absolute atomic E-state index is 10.7. The Morgan fingerprint density at radius 2 is 2.20 bits per heavy atom. The van der Waals surface area contributed by atoms with Crippen molar-refractivity contribution in [3.63, 3.8) is 0 Å². The number of carbonyl (C=O) groups excluding carboxylic acids is 1. The van der Waals surface area contributed by atoms with Gasteiger partial charge in [0.05, 0.1) is 0 Å². The van der Waals surface area contributed by atoms with E-state index in [1.807, 2.05) is 12.1 Å². The van der Waals surface area contributed by atoms with E-state index in [1.54, 1.807) is 0 Å². The van der Waals surface area contributed by atoms with Gasteiger partial charge in [-0.2, -0.15) is 0 Å². The summed E-state index contributed by atoms with van der Waals surface area (Å²) in [4.78, 5) is 13.1. The molecule has 0 N–H and O–H groups in total. The van der Waals surface area contributed by atoms with E-state index in [4.69, 9.17) is 0 Å². The molecule has 2 rings (SSSR count). The first kappa shape index (κ1) is 10.2. The second-order valence-electron chi connectivity index (χ2n) is 4.40. The lowest BCUT2D eigenvalue weighted by atomic mass is 9.98. The van der Waals surface area contributed by atoms with Crippen LogP contribution in [0.15, 0.2) is 18.2 Å². The Morgan fingerprint density at radius 1 is 1.40 bits per heavy atom. The molecular formula is C13H17NO. The average molecular weight is 203 g/mol. The van der Waals surface area contributed by atoms with Gasteiger partial charge in [-0.15, -0.1) is 0 Å². The minimum absolute atomic E-state index is 0.533. The van der Waals surface area contributed by atoms with Gasteiger partial charge in [-0.1, -0.05) is 0 Å². The number of hydrogen-bond acceptors (Lipinski definition) is 2. The predicted octanol–water partition coefficient (Wildman–Crippen LogP) is 2.66. The van der Waals surface area contributed by atoms with E-state index in [1.165, 1.54) is 17.7 Å². The Kier molecular flexibility index (Phi) is 2.76. The standard InChI is InChI=1S/C13H17NO/c1-10(2)14-7-3-4-12-8-11(9-15)5-6-13(12)14/h5-6,8-10H,3-4,7H2,1-2H3. The van der Waals surface area contributed by atoms with E-state index in [9.17, 15) is 4.79 Å². The van der Waals surface area contributed by atoms with Crippen molar-refractivity contribution < 1.29 is 4.79 Å². The minimum atomic E-state index is 0.533. The van der Waals surface area contributed by atoms with Crippen molar-refractivity contribution in [1.29, 1.82) is 0 Å². The summed E-state index contributed by atoms with van der Waals surface area (Å²) >= 11 is 0. The van der Waals surface area contributed by atoms with Crippen LogP contribution < -0.4 is 4.90 Å². The van der Waals surface area contributed by atoms with E-state index in [0.717, 1.165) is 24.8 Å². The van der Waals surface area contributed by atoms with Crippen LogP contribution in [0.5, 0.6) is 0 Å². The molecule has 0 radical (unpaired) electrons. The molecule has 0 unspecified atom stereocenters. The van der Waals surface area contributed by atoms with Gasteiger partial charge in [0.25, 0.3) is 0 Å². The number of carbonyl (C=O) groups is 1. The van der Waals surface area contributed by atoms with Gasteiger partial charge < -0.3 is 4.90 Å². The number of aryl methyl sites for hydroxylation is 1. The molecule has 0 fully saturated rings. The normalized spacial score (nSPS) is 15.3. The number of hydrogen-bond donors (Lipinski definition) is 0. The molecule has 0 atom stereocenters. The minimum Gasteiger partial charge on any atom is -0.369 e. The quantitative estimate of drug-likeness (QED) is 0.689. The summed E-state index contributed by atoms with van der Waals surface area (Å²) in [6, 6.07) is 6.55. The molecular weight excluding hydrogens is 186 g/mol. The topological polar surface area (TPSA) is 20.3 Å². The first-order chi connectivity index (χ1) is 7.22. The summed E-state index contributed by atoms with van der Waals surface area (Å²) < 4.78 is 0. The Morgan fingerprint density at radius 3 is 2.87 bits per heavy atom. The van der Waals surface area contributed by atoms with Gasteiger partial charge in [-0.05, 0) is 50.5 Å². The van der Waals surface area contributed by atoms with E-state index < -0.39 is 0 Å². The molecule has 0 saturated carbocycles. The molecule has 0 aromatic heterocycles. The fourth-order valence-electron chi connectivity index (χ4n) is 2.26. The highest BCUT2D eigenvalue weighted by atomic mass is 16.1. The molecule has 0 aliphatic carbocycles. The third kappa shape index (κ3) is 1.89. The van der Waals surface area contributed by atoms with Crippen LogP contribution in [0.25, 0.3) is 0 Å². The molecule has 2 heteroatoms. The Hall–Kier alpha value is -1.31. The second-order valence-corrected chi connectivity index (χ2v) is 4.40. The van der Waals surface area contributed by atoms with Gasteiger partial charge in [0.15, 0.2) is 0 Å². The van der Waals surface area contributed by atoms with Crippen LogP contribution in [0, 0.1) is 0 Å². The van der Waals surface area contributed by atoms with Crippen LogP contribution in [-0.4, -0.2) is 18.9 Å². The molecule has 0 bridgehead atoms. The highest BCUT2D eigenvalue weighted by Gasteiger charge is 2.18. The van der Waals surface area contributed by atoms with Gasteiger partial charge in [-0.25, -0.2) is 0 Å². The Labute approximate surface area is 90.9 Å². The largest absolute Gasteiger partial charge is 0.369 e. The third-order valence-electron chi connectivity index (χ3n) is 3.02. The monoisotopic (exact) mass is 203 g/mol. The Bertz CT molecular complexity index is 371. The summed E-state index contributed by atoms with van der Waals surface area (Å²) in [5, 5.41) is 0. The highest BCUT2D eigenvalue weighted by Crippen LogP contribution is 2.29. The van der Waals surface area contributed by atoms with Crippen molar-refractivity contribution in [2.75, 3.05) is 11.4 Å². The van der Waals surface area contributed by atoms with E-state index >= 15 is 0 Å². The molecule has 0 saturated heterocycles. The average Bonchev–Trinajstić information content (AvgIpc) is 2.27. The van der Waals surface area contributed by atoms with E-state index in [-0.39, 0.29) is 0 Å². The van der Waals surface area contributed by atoms with Gasteiger partial charge in [0.1, 0.15) is 6.29 Å². The summed E-state index contributed by atoms with van der Waals surface area (Å²) in [5.41, 5.74) is 3.42. The fraction of sp³-hybridized carbons (Fsp3) is 0.462. The zero-order valence-corrected chi connectivity index (χ0v) is 9.36. The first-order valence-electron chi connectivity index (χ1n) is 5.57. The van der Waals surface area contributed by atoms with Crippen molar-refractivity contribution in [3.05, 3.63) is 29.3 Å². The van der Waals surface area contributed by atoms with E-state index in [2.05, 4.69) is 24.8 Å². The van der Waals surface area contributed by atoms with Crippen molar-refractivity contribution in [1.82, 2.24) is 0 Å².